The van der Waals surface area contributed by atoms with Crippen LogP contribution in [0.5, 0.6) is 0 Å². The molecule has 0 aliphatic carbocycles. The van der Waals surface area contributed by atoms with Crippen LogP contribution >= 0.6 is 11.8 Å². The lowest BCUT2D eigenvalue weighted by Gasteiger charge is -2.16. The van der Waals surface area contributed by atoms with Crippen molar-refractivity contribution in [2.75, 3.05) is 12.9 Å². The summed E-state index contributed by atoms with van der Waals surface area (Å²) in [6, 6.07) is 14.7. The van der Waals surface area contributed by atoms with Crippen molar-refractivity contribution in [3.63, 3.8) is 0 Å². The van der Waals surface area contributed by atoms with Gasteiger partial charge in [-0.25, -0.2) is 9.78 Å². The van der Waals surface area contributed by atoms with Gasteiger partial charge in [0.25, 0.3) is 5.56 Å². The minimum atomic E-state index is -0.495. The van der Waals surface area contributed by atoms with Crippen LogP contribution in [0, 0.1) is 0 Å². The summed E-state index contributed by atoms with van der Waals surface area (Å²) >= 11 is 1.23. The lowest BCUT2D eigenvalue weighted by Crippen LogP contribution is -2.35. The molecule has 0 atom stereocenters. The maximum atomic E-state index is 13.3. The molecule has 7 nitrogen and oxygen atoms in total. The molecule has 8 heteroatoms. The zero-order chi connectivity index (χ0) is 23.8. The second-order valence-electron chi connectivity index (χ2n) is 7.68. The summed E-state index contributed by atoms with van der Waals surface area (Å²) in [6.07, 6.45) is 2.38. The van der Waals surface area contributed by atoms with Crippen LogP contribution in [-0.4, -0.2) is 40.3 Å². The number of esters is 1. The molecular weight excluding hydrogens is 438 g/mol. The molecule has 1 heterocycles. The molecule has 174 valence electrons. The number of rotatable bonds is 10. The summed E-state index contributed by atoms with van der Waals surface area (Å²) in [6.45, 7) is 4.50. The number of nitrogens with zero attached hydrogens (tertiary/aromatic N) is 2. The lowest BCUT2D eigenvalue weighted by molar-refractivity contribution is -0.119. The quantitative estimate of drug-likeness (QED) is 0.277. The van der Waals surface area contributed by atoms with E-state index in [9.17, 15) is 14.4 Å². The van der Waals surface area contributed by atoms with Gasteiger partial charge in [0.05, 0.1) is 29.3 Å². The molecule has 2 aromatic carbocycles. The third-order valence-corrected chi connectivity index (χ3v) is 6.47. The van der Waals surface area contributed by atoms with Crippen LogP contribution in [0.3, 0.4) is 0 Å². The van der Waals surface area contributed by atoms with Crippen molar-refractivity contribution in [2.45, 2.75) is 50.9 Å². The Morgan fingerprint density at radius 2 is 1.85 bits per heavy atom. The second-order valence-corrected chi connectivity index (χ2v) is 8.62. The Labute approximate surface area is 197 Å². The molecule has 0 aliphatic heterocycles. The minimum Gasteiger partial charge on any atom is -0.465 e. The third kappa shape index (κ3) is 6.22. The first kappa shape index (κ1) is 24.5. The summed E-state index contributed by atoms with van der Waals surface area (Å²) in [4.78, 5) is 42.4. The topological polar surface area (TPSA) is 90.3 Å². The smallest absolute Gasteiger partial charge is 0.337 e. The highest BCUT2D eigenvalue weighted by Crippen LogP contribution is 2.20. The summed E-state index contributed by atoms with van der Waals surface area (Å²) < 4.78 is 6.40. The van der Waals surface area contributed by atoms with Crippen molar-refractivity contribution >= 4 is 34.5 Å². The van der Waals surface area contributed by atoms with Crippen LogP contribution in [-0.2, 0) is 22.5 Å². The molecule has 33 heavy (non-hydrogen) atoms. The highest BCUT2D eigenvalue weighted by molar-refractivity contribution is 7.99. The van der Waals surface area contributed by atoms with Gasteiger partial charge in [0.1, 0.15) is 0 Å². The maximum Gasteiger partial charge on any atom is 0.337 e. The predicted molar refractivity (Wildman–Crippen MR) is 131 cm³/mol. The number of hydrogen-bond donors (Lipinski definition) is 1. The number of fused-ring (bicyclic) bond motifs is 1. The number of amides is 1. The van der Waals surface area contributed by atoms with Crippen molar-refractivity contribution < 1.29 is 14.3 Å². The van der Waals surface area contributed by atoms with Gasteiger partial charge >= 0.3 is 5.97 Å². The molecule has 0 saturated carbocycles. The van der Waals surface area contributed by atoms with E-state index in [1.807, 2.05) is 44.2 Å². The van der Waals surface area contributed by atoms with Crippen molar-refractivity contribution in [3.8, 4) is 0 Å². The maximum absolute atomic E-state index is 13.3. The molecule has 1 amide bonds. The summed E-state index contributed by atoms with van der Waals surface area (Å²) in [7, 11) is 1.31. The van der Waals surface area contributed by atoms with Crippen molar-refractivity contribution in [1.82, 2.24) is 14.9 Å². The standard InChI is InChI=1S/C25H29N3O4S/c1-4-19(5-2)26-22(29)16-33-25-27-21-15-18(24(31)32-3)11-12-20(21)23(30)28(25)14-13-17-9-7-6-8-10-17/h6-12,15,19H,4-5,13-14,16H2,1-3H3,(H,26,29). The number of carbonyl (C=O) groups is 2. The van der Waals surface area contributed by atoms with Crippen LogP contribution in [0.2, 0.25) is 0 Å². The van der Waals surface area contributed by atoms with Crippen LogP contribution in [0.4, 0.5) is 0 Å². The molecule has 0 radical (unpaired) electrons. The molecule has 3 aromatic rings. The molecule has 1 N–H and O–H groups in total. The fourth-order valence-corrected chi connectivity index (χ4v) is 4.37. The van der Waals surface area contributed by atoms with Crippen molar-refractivity contribution in [1.29, 1.82) is 0 Å². The SMILES string of the molecule is CCC(CC)NC(=O)CSc1nc2cc(C(=O)OC)ccc2c(=O)n1CCc1ccccc1. The number of hydrogen-bond acceptors (Lipinski definition) is 6. The van der Waals surface area contributed by atoms with Gasteiger partial charge in [0.15, 0.2) is 5.16 Å². The predicted octanol–water partition coefficient (Wildman–Crippen LogP) is 3.82. The van der Waals surface area contributed by atoms with E-state index in [1.165, 1.54) is 18.9 Å². The van der Waals surface area contributed by atoms with Gasteiger partial charge in [0.2, 0.25) is 5.91 Å². The first-order valence-electron chi connectivity index (χ1n) is 11.1. The molecule has 0 fully saturated rings. The number of thioether (sulfide) groups is 1. The highest BCUT2D eigenvalue weighted by Gasteiger charge is 2.16. The third-order valence-electron chi connectivity index (χ3n) is 5.49. The molecule has 3 rings (SSSR count). The lowest BCUT2D eigenvalue weighted by atomic mass is 10.1. The fraction of sp³-hybridized carbons (Fsp3) is 0.360. The van der Waals surface area contributed by atoms with Crippen LogP contribution in [0.15, 0.2) is 58.5 Å². The second kappa shape index (κ2) is 11.7. The summed E-state index contributed by atoms with van der Waals surface area (Å²) in [5.74, 6) is -0.442. The van der Waals surface area contributed by atoms with E-state index in [-0.39, 0.29) is 23.3 Å². The molecule has 0 unspecified atom stereocenters. The van der Waals surface area contributed by atoms with Crippen molar-refractivity contribution in [2.24, 2.45) is 0 Å². The Morgan fingerprint density at radius 1 is 1.12 bits per heavy atom. The number of benzene rings is 2. The van der Waals surface area contributed by atoms with E-state index in [2.05, 4.69) is 10.3 Å². The average Bonchev–Trinajstić information content (AvgIpc) is 2.85. The van der Waals surface area contributed by atoms with Gasteiger partial charge in [-0.1, -0.05) is 55.9 Å². The number of methoxy groups -OCH3 is 1. The van der Waals surface area contributed by atoms with Gasteiger partial charge in [-0.3, -0.25) is 14.2 Å². The number of carbonyl (C=O) groups excluding carboxylic acids is 2. The normalized spacial score (nSPS) is 11.0. The van der Waals surface area contributed by atoms with Gasteiger partial charge in [-0.05, 0) is 43.0 Å². The number of ether oxygens (including phenoxy) is 1. The van der Waals surface area contributed by atoms with Crippen LogP contribution < -0.4 is 10.9 Å². The van der Waals surface area contributed by atoms with E-state index in [0.717, 1.165) is 18.4 Å². The molecule has 1 aromatic heterocycles. The number of aryl methyl sites for hydroxylation is 1. The Balaban J connectivity index is 1.94. The van der Waals surface area contributed by atoms with Gasteiger partial charge in [0, 0.05) is 12.6 Å². The summed E-state index contributed by atoms with van der Waals surface area (Å²) in [5, 5.41) is 3.88. The Bertz CT molecular complexity index is 1170. The first-order valence-corrected chi connectivity index (χ1v) is 12.0. The molecule has 0 aliphatic rings. The highest BCUT2D eigenvalue weighted by atomic mass is 32.2. The van der Waals surface area contributed by atoms with Gasteiger partial charge in [-0.2, -0.15) is 0 Å². The summed E-state index contributed by atoms with van der Waals surface area (Å²) in [5.41, 5.74) is 1.63. The Kier molecular flexibility index (Phi) is 8.65. The molecule has 0 bridgehead atoms. The molecular formula is C25H29N3O4S. The minimum absolute atomic E-state index is 0.0963. The van der Waals surface area contributed by atoms with E-state index < -0.39 is 5.97 Å². The zero-order valence-corrected chi connectivity index (χ0v) is 20.0. The Hall–Kier alpha value is -3.13. The number of aromatic nitrogens is 2. The van der Waals surface area contributed by atoms with Crippen molar-refractivity contribution in [3.05, 3.63) is 70.0 Å². The van der Waals surface area contributed by atoms with E-state index in [0.29, 0.717) is 34.6 Å². The van der Waals surface area contributed by atoms with Gasteiger partial charge < -0.3 is 10.1 Å². The van der Waals surface area contributed by atoms with Gasteiger partial charge in [-0.15, -0.1) is 0 Å². The van der Waals surface area contributed by atoms with E-state index >= 15 is 0 Å². The first-order chi connectivity index (χ1) is 16.0. The fourth-order valence-electron chi connectivity index (χ4n) is 3.53. The number of nitrogens with one attached hydrogen (secondary N) is 1. The monoisotopic (exact) mass is 467 g/mol. The molecule has 0 spiro atoms. The van der Waals surface area contributed by atoms with Crippen LogP contribution in [0.25, 0.3) is 10.9 Å². The Morgan fingerprint density at radius 3 is 2.52 bits per heavy atom. The average molecular weight is 468 g/mol. The zero-order valence-electron chi connectivity index (χ0n) is 19.2. The largest absolute Gasteiger partial charge is 0.465 e. The van der Waals surface area contributed by atoms with Crippen LogP contribution in [0.1, 0.15) is 42.6 Å². The van der Waals surface area contributed by atoms with E-state index in [4.69, 9.17) is 4.74 Å². The van der Waals surface area contributed by atoms with E-state index in [1.54, 1.807) is 22.8 Å². The molecule has 0 saturated heterocycles.